The number of amidine groups is 1. The first kappa shape index (κ1) is 30.7. The van der Waals surface area contributed by atoms with Gasteiger partial charge < -0.3 is 14.8 Å². The van der Waals surface area contributed by atoms with Crippen molar-refractivity contribution in [3.05, 3.63) is 64.7 Å². The van der Waals surface area contributed by atoms with Gasteiger partial charge in [-0.3, -0.25) is 4.99 Å². The van der Waals surface area contributed by atoms with Crippen molar-refractivity contribution < 1.29 is 23.1 Å². The van der Waals surface area contributed by atoms with Crippen LogP contribution in [0.5, 0.6) is 5.75 Å². The van der Waals surface area contributed by atoms with Crippen molar-refractivity contribution in [2.75, 3.05) is 13.1 Å². The van der Waals surface area contributed by atoms with Gasteiger partial charge in [0.05, 0.1) is 0 Å². The van der Waals surface area contributed by atoms with Crippen LogP contribution in [0.1, 0.15) is 89.6 Å². The second-order valence-electron chi connectivity index (χ2n) is 12.8. The standard InChI is InChI=1S/C32H43F3N2O2/c1-8-12-22-18-37(29(36-20-32(33,34)35)24(22)15-21-13-10-9-11-14-21)27(19-38)23-16-25(30(2,3)4)28(39)26(17-23)31(5,6)7/h9-11,13-14,16-17,19,22,24,27,39H,8,12,15,18,20H2,1-7H3. The first-order valence-electron chi connectivity index (χ1n) is 13.8. The largest absolute Gasteiger partial charge is 0.507 e. The van der Waals surface area contributed by atoms with Crippen molar-refractivity contribution in [1.29, 1.82) is 0 Å². The highest BCUT2D eigenvalue weighted by Gasteiger charge is 2.42. The summed E-state index contributed by atoms with van der Waals surface area (Å²) in [6.07, 6.45) is -1.39. The third-order valence-electron chi connectivity index (χ3n) is 7.56. The zero-order valence-corrected chi connectivity index (χ0v) is 24.3. The monoisotopic (exact) mass is 544 g/mol. The minimum Gasteiger partial charge on any atom is -0.507 e. The molecule has 0 aromatic heterocycles. The maximum absolute atomic E-state index is 13.4. The highest BCUT2D eigenvalue weighted by Crippen LogP contribution is 2.43. The van der Waals surface area contributed by atoms with Gasteiger partial charge in [0.1, 0.15) is 30.5 Å². The molecule has 1 aliphatic rings. The summed E-state index contributed by atoms with van der Waals surface area (Å²) in [5.41, 5.74) is 2.28. The summed E-state index contributed by atoms with van der Waals surface area (Å²) < 4.78 is 40.3. The summed E-state index contributed by atoms with van der Waals surface area (Å²) in [7, 11) is 0. The molecule has 0 aliphatic carbocycles. The number of aldehydes is 1. The molecule has 39 heavy (non-hydrogen) atoms. The Morgan fingerprint density at radius 2 is 1.59 bits per heavy atom. The molecule has 0 saturated carbocycles. The first-order chi connectivity index (χ1) is 18.1. The van der Waals surface area contributed by atoms with Crippen molar-refractivity contribution in [1.82, 2.24) is 4.90 Å². The Balaban J connectivity index is 2.18. The molecular formula is C32H43F3N2O2. The number of hydrogen-bond donors (Lipinski definition) is 1. The number of likely N-dealkylation sites (tertiary alicyclic amines) is 1. The Morgan fingerprint density at radius 3 is 2.05 bits per heavy atom. The van der Waals surface area contributed by atoms with Gasteiger partial charge >= 0.3 is 6.18 Å². The van der Waals surface area contributed by atoms with Gasteiger partial charge in [0.15, 0.2) is 0 Å². The van der Waals surface area contributed by atoms with Gasteiger partial charge in [0.2, 0.25) is 0 Å². The highest BCUT2D eigenvalue weighted by atomic mass is 19.4. The minimum atomic E-state index is -4.45. The number of benzene rings is 2. The van der Waals surface area contributed by atoms with E-state index in [1.54, 1.807) is 4.90 Å². The van der Waals surface area contributed by atoms with Crippen molar-refractivity contribution in [3.8, 4) is 5.75 Å². The molecule has 3 unspecified atom stereocenters. The molecule has 1 N–H and O–H groups in total. The topological polar surface area (TPSA) is 52.9 Å². The molecule has 2 aromatic rings. The molecule has 0 bridgehead atoms. The molecule has 1 saturated heterocycles. The molecule has 2 aromatic carbocycles. The van der Waals surface area contributed by atoms with Crippen LogP contribution >= 0.6 is 0 Å². The molecule has 0 radical (unpaired) electrons. The minimum absolute atomic E-state index is 0.0610. The molecule has 214 valence electrons. The van der Waals surface area contributed by atoms with Crippen molar-refractivity contribution >= 4 is 12.1 Å². The number of phenolic OH excluding ortho intramolecular Hbond substituents is 1. The van der Waals surface area contributed by atoms with Gasteiger partial charge in [-0.25, -0.2) is 0 Å². The van der Waals surface area contributed by atoms with Crippen LogP contribution in [0.15, 0.2) is 47.5 Å². The maximum atomic E-state index is 13.4. The number of phenols is 1. The molecule has 7 heteroatoms. The number of carbonyl (C=O) groups excluding carboxylic acids is 1. The molecule has 3 atom stereocenters. The Labute approximate surface area is 231 Å². The molecule has 0 amide bonds. The average molecular weight is 545 g/mol. The lowest BCUT2D eigenvalue weighted by atomic mass is 9.77. The van der Waals surface area contributed by atoms with Gasteiger partial charge in [0.25, 0.3) is 0 Å². The van der Waals surface area contributed by atoms with Crippen molar-refractivity contribution in [2.24, 2.45) is 16.8 Å². The summed E-state index contributed by atoms with van der Waals surface area (Å²) in [6.45, 7) is 13.2. The fourth-order valence-electron chi connectivity index (χ4n) is 5.62. The lowest BCUT2D eigenvalue weighted by Crippen LogP contribution is -2.35. The van der Waals surface area contributed by atoms with Crippen LogP contribution in [0.4, 0.5) is 13.2 Å². The predicted octanol–water partition coefficient (Wildman–Crippen LogP) is 7.78. The smallest absolute Gasteiger partial charge is 0.408 e. The van der Waals surface area contributed by atoms with E-state index in [-0.39, 0.29) is 17.6 Å². The van der Waals surface area contributed by atoms with Crippen LogP contribution in [0.2, 0.25) is 0 Å². The number of aromatic hydroxyl groups is 1. The molecule has 1 heterocycles. The van der Waals surface area contributed by atoms with Crippen LogP contribution in [-0.2, 0) is 22.0 Å². The molecule has 1 aliphatic heterocycles. The first-order valence-corrected chi connectivity index (χ1v) is 13.8. The maximum Gasteiger partial charge on any atom is 0.408 e. The van der Waals surface area contributed by atoms with Crippen LogP contribution in [0.3, 0.4) is 0 Å². The highest BCUT2D eigenvalue weighted by molar-refractivity contribution is 5.90. The van der Waals surface area contributed by atoms with Gasteiger partial charge in [-0.15, -0.1) is 0 Å². The molecule has 3 rings (SSSR count). The van der Waals surface area contributed by atoms with E-state index in [9.17, 15) is 23.1 Å². The summed E-state index contributed by atoms with van der Waals surface area (Å²) >= 11 is 0. The van der Waals surface area contributed by atoms with E-state index < -0.39 is 29.6 Å². The lowest BCUT2D eigenvalue weighted by Gasteiger charge is -2.32. The van der Waals surface area contributed by atoms with Crippen LogP contribution in [0, 0.1) is 11.8 Å². The number of aliphatic imine (C=N–C) groups is 1. The Bertz CT molecular complexity index is 1130. The zero-order chi connectivity index (χ0) is 29.2. The normalized spacial score (nSPS) is 20.5. The molecule has 0 spiro atoms. The van der Waals surface area contributed by atoms with E-state index in [0.29, 0.717) is 35.5 Å². The van der Waals surface area contributed by atoms with Gasteiger partial charge in [-0.1, -0.05) is 85.2 Å². The van der Waals surface area contributed by atoms with Gasteiger partial charge in [-0.2, -0.15) is 13.2 Å². The fraction of sp³-hybridized carbons (Fsp3) is 0.562. The van der Waals surface area contributed by atoms with Gasteiger partial charge in [0, 0.05) is 12.5 Å². The Hall–Kier alpha value is -2.83. The third kappa shape index (κ3) is 7.43. The molecular weight excluding hydrogens is 501 g/mol. The Kier molecular flexibility index (Phi) is 9.24. The van der Waals surface area contributed by atoms with Crippen molar-refractivity contribution in [3.63, 3.8) is 0 Å². The summed E-state index contributed by atoms with van der Waals surface area (Å²) in [5, 5.41) is 11.2. The average Bonchev–Trinajstić information content (AvgIpc) is 3.14. The van der Waals surface area contributed by atoms with Crippen molar-refractivity contribution in [2.45, 2.75) is 90.8 Å². The summed E-state index contributed by atoms with van der Waals surface area (Å²) in [6, 6.07) is 12.6. The van der Waals surface area contributed by atoms with Crippen LogP contribution < -0.4 is 0 Å². The molecule has 4 nitrogen and oxygen atoms in total. The van der Waals surface area contributed by atoms with E-state index >= 15 is 0 Å². The zero-order valence-electron chi connectivity index (χ0n) is 24.3. The van der Waals surface area contributed by atoms with E-state index in [0.717, 1.165) is 24.7 Å². The van der Waals surface area contributed by atoms with Crippen LogP contribution in [0.25, 0.3) is 0 Å². The summed E-state index contributed by atoms with van der Waals surface area (Å²) in [5.74, 6) is 0.361. The fourth-order valence-corrected chi connectivity index (χ4v) is 5.62. The second kappa shape index (κ2) is 11.7. The second-order valence-corrected chi connectivity index (χ2v) is 12.8. The number of carbonyl (C=O) groups is 1. The predicted molar refractivity (Wildman–Crippen MR) is 151 cm³/mol. The number of alkyl halides is 3. The SMILES string of the molecule is CCCC1CN(C(C=O)c2cc(C(C)(C)C)c(O)c(C(C)(C)C)c2)C(=NCC(F)(F)F)C1Cc1ccccc1. The number of nitrogens with zero attached hydrogens (tertiary/aromatic N) is 2. The number of halogens is 3. The number of rotatable bonds is 8. The van der Waals surface area contributed by atoms with E-state index in [1.807, 2.05) is 84.0 Å². The van der Waals surface area contributed by atoms with Gasteiger partial charge in [-0.05, 0) is 64.0 Å². The summed E-state index contributed by atoms with van der Waals surface area (Å²) in [4.78, 5) is 18.7. The lowest BCUT2D eigenvalue weighted by molar-refractivity contribution is -0.118. The quantitative estimate of drug-likeness (QED) is 0.345. The third-order valence-corrected chi connectivity index (χ3v) is 7.56. The van der Waals surface area contributed by atoms with E-state index in [2.05, 4.69) is 11.9 Å². The van der Waals surface area contributed by atoms with E-state index in [1.165, 1.54) is 0 Å². The molecule has 1 fully saturated rings. The van der Waals surface area contributed by atoms with Crippen LogP contribution in [-0.4, -0.2) is 41.4 Å². The van der Waals surface area contributed by atoms with E-state index in [4.69, 9.17) is 0 Å². The number of hydrogen-bond acceptors (Lipinski definition) is 3. The Morgan fingerprint density at radius 1 is 1.03 bits per heavy atom.